The highest BCUT2D eigenvalue weighted by Gasteiger charge is 2.25. The number of piperidine rings is 1. The Morgan fingerprint density at radius 2 is 1.63 bits per heavy atom. The number of hydrogen-bond donors (Lipinski definition) is 1. The van der Waals surface area contributed by atoms with Crippen LogP contribution in [-0.2, 0) is 0 Å². The van der Waals surface area contributed by atoms with Crippen LogP contribution in [0.2, 0.25) is 0 Å². The molecule has 2 fully saturated rings. The molecule has 2 aliphatic heterocycles. The molecule has 0 aromatic heterocycles. The fourth-order valence-corrected chi connectivity index (χ4v) is 4.06. The fraction of sp³-hybridized carbons (Fsp3) is 0.682. The molecule has 1 aromatic rings. The molecule has 5 nitrogen and oxygen atoms in total. The smallest absolute Gasteiger partial charge is 0.198 e. The number of anilines is 1. The lowest BCUT2D eigenvalue weighted by Gasteiger charge is -2.39. The van der Waals surface area contributed by atoms with E-state index in [0.29, 0.717) is 12.0 Å². The summed E-state index contributed by atoms with van der Waals surface area (Å²) in [5, 5.41) is 3.60. The third kappa shape index (κ3) is 5.94. The van der Waals surface area contributed by atoms with Gasteiger partial charge in [0.2, 0.25) is 0 Å². The summed E-state index contributed by atoms with van der Waals surface area (Å²) in [4.78, 5) is 12.6. The van der Waals surface area contributed by atoms with Crippen LogP contribution in [0.25, 0.3) is 0 Å². The summed E-state index contributed by atoms with van der Waals surface area (Å²) in [5.41, 5.74) is 1.13. The van der Waals surface area contributed by atoms with Crippen molar-refractivity contribution in [3.63, 3.8) is 0 Å². The van der Waals surface area contributed by atoms with Gasteiger partial charge in [0.25, 0.3) is 0 Å². The number of para-hydroxylation sites is 1. The number of guanidine groups is 1. The average Bonchev–Trinajstić information content (AvgIpc) is 2.70. The Bertz CT molecular complexity index is 572. The standard InChI is InChI=1S/C22H37N5/c1-19(2)21(26-16-14-25(3)15-17-26)18-23-22(27-12-8-5-9-13-27)24-20-10-6-4-7-11-20/h4,6-7,10-11,19,21H,5,8-9,12-18H2,1-3H3,(H,23,24). The van der Waals surface area contributed by atoms with Crippen molar-refractivity contribution in [1.82, 2.24) is 14.7 Å². The zero-order chi connectivity index (χ0) is 19.1. The van der Waals surface area contributed by atoms with Crippen LogP contribution in [0.5, 0.6) is 0 Å². The van der Waals surface area contributed by atoms with Crippen LogP contribution < -0.4 is 5.32 Å². The van der Waals surface area contributed by atoms with Crippen molar-refractivity contribution < 1.29 is 0 Å². The first-order chi connectivity index (χ1) is 13.1. The molecule has 1 unspecified atom stereocenters. The number of benzene rings is 1. The zero-order valence-corrected chi connectivity index (χ0v) is 17.4. The molecule has 5 heteroatoms. The molecule has 2 heterocycles. The predicted molar refractivity (Wildman–Crippen MR) is 115 cm³/mol. The number of nitrogens with zero attached hydrogens (tertiary/aromatic N) is 4. The van der Waals surface area contributed by atoms with E-state index in [4.69, 9.17) is 4.99 Å². The van der Waals surface area contributed by atoms with Gasteiger partial charge in [0.05, 0.1) is 6.54 Å². The third-order valence-electron chi connectivity index (χ3n) is 5.89. The van der Waals surface area contributed by atoms with E-state index in [1.165, 1.54) is 19.3 Å². The van der Waals surface area contributed by atoms with E-state index >= 15 is 0 Å². The Morgan fingerprint density at radius 1 is 0.963 bits per heavy atom. The molecular weight excluding hydrogens is 334 g/mol. The Hall–Kier alpha value is -1.59. The van der Waals surface area contributed by atoms with Crippen LogP contribution in [0.3, 0.4) is 0 Å². The Morgan fingerprint density at radius 3 is 2.26 bits per heavy atom. The molecule has 1 atom stereocenters. The van der Waals surface area contributed by atoms with E-state index in [9.17, 15) is 0 Å². The minimum absolute atomic E-state index is 0.510. The topological polar surface area (TPSA) is 34.1 Å². The van der Waals surface area contributed by atoms with Gasteiger partial charge in [-0.1, -0.05) is 32.0 Å². The maximum atomic E-state index is 5.13. The number of likely N-dealkylation sites (N-methyl/N-ethyl adjacent to an activating group) is 1. The van der Waals surface area contributed by atoms with Crippen LogP contribution >= 0.6 is 0 Å². The molecule has 0 saturated carbocycles. The van der Waals surface area contributed by atoms with Crippen LogP contribution in [0.1, 0.15) is 33.1 Å². The molecule has 2 aliphatic rings. The highest BCUT2D eigenvalue weighted by molar-refractivity contribution is 5.93. The molecule has 0 radical (unpaired) electrons. The summed E-state index contributed by atoms with van der Waals surface area (Å²) in [6.07, 6.45) is 3.87. The van der Waals surface area contributed by atoms with Gasteiger partial charge in [-0.3, -0.25) is 9.89 Å². The number of piperazine rings is 1. The third-order valence-corrected chi connectivity index (χ3v) is 5.89. The van der Waals surface area contributed by atoms with Gasteiger partial charge >= 0.3 is 0 Å². The molecule has 27 heavy (non-hydrogen) atoms. The lowest BCUT2D eigenvalue weighted by Crippen LogP contribution is -2.52. The number of nitrogens with one attached hydrogen (secondary N) is 1. The largest absolute Gasteiger partial charge is 0.343 e. The summed E-state index contributed by atoms with van der Waals surface area (Å²) in [5.74, 6) is 1.66. The van der Waals surface area contributed by atoms with Crippen molar-refractivity contribution in [2.24, 2.45) is 10.9 Å². The minimum Gasteiger partial charge on any atom is -0.343 e. The van der Waals surface area contributed by atoms with Crippen molar-refractivity contribution in [1.29, 1.82) is 0 Å². The minimum atomic E-state index is 0.510. The van der Waals surface area contributed by atoms with Gasteiger partial charge in [-0.25, -0.2) is 0 Å². The maximum absolute atomic E-state index is 5.13. The molecule has 0 spiro atoms. The van der Waals surface area contributed by atoms with E-state index in [1.807, 2.05) is 0 Å². The van der Waals surface area contributed by atoms with Gasteiger partial charge in [-0.05, 0) is 44.4 Å². The molecule has 0 aliphatic carbocycles. The molecule has 1 aromatic carbocycles. The SMILES string of the molecule is CC(C)C(CN=C(Nc1ccccc1)N1CCCCC1)N1CCN(C)CC1. The first-order valence-corrected chi connectivity index (χ1v) is 10.7. The van der Waals surface area contributed by atoms with Crippen molar-refractivity contribution >= 4 is 11.6 Å². The van der Waals surface area contributed by atoms with Gasteiger partial charge in [0, 0.05) is 51.0 Å². The summed E-state index contributed by atoms with van der Waals surface area (Å²) in [6.45, 7) is 12.4. The van der Waals surface area contributed by atoms with Crippen molar-refractivity contribution in [3.8, 4) is 0 Å². The number of rotatable bonds is 5. The Balaban J connectivity index is 1.71. The molecule has 150 valence electrons. The summed E-state index contributed by atoms with van der Waals surface area (Å²) in [6, 6.07) is 11.0. The normalized spacial score (nSPS) is 21.5. The highest BCUT2D eigenvalue weighted by atomic mass is 15.3. The molecule has 0 bridgehead atoms. The van der Waals surface area contributed by atoms with Crippen LogP contribution in [0.4, 0.5) is 5.69 Å². The van der Waals surface area contributed by atoms with Gasteiger partial charge in [-0.15, -0.1) is 0 Å². The molecule has 2 saturated heterocycles. The van der Waals surface area contributed by atoms with Gasteiger partial charge in [0.1, 0.15) is 0 Å². The van der Waals surface area contributed by atoms with E-state index in [1.54, 1.807) is 0 Å². The van der Waals surface area contributed by atoms with Crippen molar-refractivity contribution in [3.05, 3.63) is 30.3 Å². The monoisotopic (exact) mass is 371 g/mol. The molecular formula is C22H37N5. The predicted octanol–water partition coefficient (Wildman–Crippen LogP) is 3.21. The van der Waals surface area contributed by atoms with E-state index in [0.717, 1.165) is 57.5 Å². The van der Waals surface area contributed by atoms with Gasteiger partial charge in [0.15, 0.2) is 5.96 Å². The summed E-state index contributed by atoms with van der Waals surface area (Å²) >= 11 is 0. The number of hydrogen-bond acceptors (Lipinski definition) is 3. The number of likely N-dealkylation sites (tertiary alicyclic amines) is 1. The van der Waals surface area contributed by atoms with Gasteiger partial charge < -0.3 is 15.1 Å². The highest BCUT2D eigenvalue weighted by Crippen LogP contribution is 2.16. The lowest BCUT2D eigenvalue weighted by atomic mass is 10.0. The fourth-order valence-electron chi connectivity index (χ4n) is 4.06. The lowest BCUT2D eigenvalue weighted by molar-refractivity contribution is 0.0924. The van der Waals surface area contributed by atoms with Gasteiger partial charge in [-0.2, -0.15) is 0 Å². The van der Waals surface area contributed by atoms with Crippen molar-refractivity contribution in [2.45, 2.75) is 39.2 Å². The number of aliphatic imine (C=N–C) groups is 1. The van der Waals surface area contributed by atoms with E-state index in [-0.39, 0.29) is 0 Å². The van der Waals surface area contributed by atoms with E-state index < -0.39 is 0 Å². The average molecular weight is 372 g/mol. The molecule has 3 rings (SSSR count). The maximum Gasteiger partial charge on any atom is 0.198 e. The summed E-state index contributed by atoms with van der Waals surface area (Å²) in [7, 11) is 2.22. The second-order valence-electron chi connectivity index (χ2n) is 8.35. The second kappa shape index (κ2) is 10.1. The first kappa shape index (κ1) is 20.2. The summed E-state index contributed by atoms with van der Waals surface area (Å²) < 4.78 is 0. The van der Waals surface area contributed by atoms with Crippen LogP contribution in [0, 0.1) is 5.92 Å². The van der Waals surface area contributed by atoms with Crippen LogP contribution in [-0.4, -0.2) is 79.6 Å². The van der Waals surface area contributed by atoms with Crippen molar-refractivity contribution in [2.75, 3.05) is 58.2 Å². The Labute approximate surface area is 165 Å². The zero-order valence-electron chi connectivity index (χ0n) is 17.4. The molecule has 0 amide bonds. The van der Waals surface area contributed by atoms with Crippen LogP contribution in [0.15, 0.2) is 35.3 Å². The van der Waals surface area contributed by atoms with E-state index in [2.05, 4.69) is 71.2 Å². The Kier molecular flexibility index (Phi) is 7.53. The quantitative estimate of drug-likeness (QED) is 0.637. The first-order valence-electron chi connectivity index (χ1n) is 10.7. The second-order valence-corrected chi connectivity index (χ2v) is 8.35. The molecule has 1 N–H and O–H groups in total.